The predicted octanol–water partition coefficient (Wildman–Crippen LogP) is 4.14. The Kier molecular flexibility index (Phi) is 7.57. The second kappa shape index (κ2) is 10.4. The second-order valence-corrected chi connectivity index (χ2v) is 9.25. The maximum atomic E-state index is 13.5. The molecule has 33 heavy (non-hydrogen) atoms. The van der Waals surface area contributed by atoms with E-state index in [-0.39, 0.29) is 27.3 Å². The molecular formula is C23H22ClN3O5S. The summed E-state index contributed by atoms with van der Waals surface area (Å²) in [6.45, 7) is 0.828. The Hall–Kier alpha value is -3.56. The molecule has 0 aliphatic rings. The fourth-order valence-corrected chi connectivity index (χ4v) is 4.70. The summed E-state index contributed by atoms with van der Waals surface area (Å²) < 4.78 is 33.2. The number of carbonyl (C=O) groups is 2. The Morgan fingerprint density at radius 1 is 0.939 bits per heavy atom. The molecule has 172 valence electrons. The van der Waals surface area contributed by atoms with Crippen LogP contribution < -0.4 is 19.7 Å². The Bertz CT molecular complexity index is 1270. The Morgan fingerprint density at radius 2 is 1.61 bits per heavy atom. The highest BCUT2D eigenvalue weighted by atomic mass is 35.5. The molecule has 0 saturated carbocycles. The zero-order valence-corrected chi connectivity index (χ0v) is 19.5. The number of sulfonamides is 1. The summed E-state index contributed by atoms with van der Waals surface area (Å²) in [5.41, 5.74) is 1.00. The van der Waals surface area contributed by atoms with Gasteiger partial charge in [0.15, 0.2) is 0 Å². The number of benzene rings is 3. The predicted molar refractivity (Wildman–Crippen MR) is 128 cm³/mol. The van der Waals surface area contributed by atoms with E-state index >= 15 is 0 Å². The molecule has 2 amide bonds. The van der Waals surface area contributed by atoms with Crippen LogP contribution in [0.5, 0.6) is 5.75 Å². The largest absolute Gasteiger partial charge is 0.495 e. The lowest BCUT2D eigenvalue weighted by Crippen LogP contribution is -2.38. The standard InChI is InChI=1S/C23H22ClN3O5S/c1-16(28)25-18-7-6-8-19(14-18)26-23(29)15-27(21-13-17(24)11-12-22(21)32-2)33(30,31)20-9-4-3-5-10-20/h3-14H,15H2,1-2H3,(H,25,28)(H,26,29). The van der Waals surface area contributed by atoms with Crippen LogP contribution in [0.3, 0.4) is 0 Å². The van der Waals surface area contributed by atoms with Crippen molar-refractivity contribution in [3.63, 3.8) is 0 Å². The molecule has 0 atom stereocenters. The first-order chi connectivity index (χ1) is 15.7. The van der Waals surface area contributed by atoms with Gasteiger partial charge in [0, 0.05) is 23.3 Å². The van der Waals surface area contributed by atoms with Crippen LogP contribution in [-0.2, 0) is 19.6 Å². The molecule has 10 heteroatoms. The Labute approximate surface area is 197 Å². The third-order valence-corrected chi connectivity index (χ3v) is 6.50. The van der Waals surface area contributed by atoms with Crippen LogP contribution in [0.15, 0.2) is 77.7 Å². The van der Waals surface area contributed by atoms with Crippen LogP contribution >= 0.6 is 11.6 Å². The molecular weight excluding hydrogens is 466 g/mol. The van der Waals surface area contributed by atoms with Crippen LogP contribution in [0.1, 0.15) is 6.92 Å². The van der Waals surface area contributed by atoms with Gasteiger partial charge < -0.3 is 15.4 Å². The minimum atomic E-state index is -4.14. The first kappa shape index (κ1) is 24.1. The lowest BCUT2D eigenvalue weighted by Gasteiger charge is -2.26. The van der Waals surface area contributed by atoms with Crippen molar-refractivity contribution in [2.75, 3.05) is 28.6 Å². The van der Waals surface area contributed by atoms with Crippen LogP contribution in [-0.4, -0.2) is 33.9 Å². The fraction of sp³-hybridized carbons (Fsp3) is 0.130. The summed E-state index contributed by atoms with van der Waals surface area (Å²) in [6, 6.07) is 18.8. The van der Waals surface area contributed by atoms with E-state index in [0.717, 1.165) is 4.31 Å². The molecule has 0 unspecified atom stereocenters. The first-order valence-corrected chi connectivity index (χ1v) is 11.6. The Balaban J connectivity index is 1.97. The van der Waals surface area contributed by atoms with Gasteiger partial charge in [0.1, 0.15) is 12.3 Å². The molecule has 0 fully saturated rings. The van der Waals surface area contributed by atoms with Crippen LogP contribution in [0.4, 0.5) is 17.1 Å². The van der Waals surface area contributed by atoms with Gasteiger partial charge in [-0.2, -0.15) is 0 Å². The minimum absolute atomic E-state index is 0.00693. The summed E-state index contributed by atoms with van der Waals surface area (Å²) in [5, 5.41) is 5.57. The molecule has 0 spiro atoms. The normalized spacial score (nSPS) is 10.9. The number of nitrogens with zero attached hydrogens (tertiary/aromatic N) is 1. The van der Waals surface area contributed by atoms with Crippen molar-refractivity contribution >= 4 is 50.5 Å². The van der Waals surface area contributed by atoms with Gasteiger partial charge in [0.25, 0.3) is 10.0 Å². The zero-order valence-electron chi connectivity index (χ0n) is 17.9. The van der Waals surface area contributed by atoms with Gasteiger partial charge in [-0.25, -0.2) is 8.42 Å². The highest BCUT2D eigenvalue weighted by molar-refractivity contribution is 7.92. The van der Waals surface area contributed by atoms with Crippen molar-refractivity contribution < 1.29 is 22.7 Å². The molecule has 0 radical (unpaired) electrons. The summed E-state index contributed by atoms with van der Waals surface area (Å²) in [6.07, 6.45) is 0. The number of rotatable bonds is 8. The van der Waals surface area contributed by atoms with E-state index in [1.54, 1.807) is 48.5 Å². The van der Waals surface area contributed by atoms with Crippen molar-refractivity contribution in [3.05, 3.63) is 77.8 Å². The maximum Gasteiger partial charge on any atom is 0.264 e. The van der Waals surface area contributed by atoms with Crippen molar-refractivity contribution in [2.24, 2.45) is 0 Å². The van der Waals surface area contributed by atoms with Gasteiger partial charge >= 0.3 is 0 Å². The zero-order chi connectivity index (χ0) is 24.0. The summed E-state index contributed by atoms with van der Waals surface area (Å²) in [7, 11) is -2.74. The lowest BCUT2D eigenvalue weighted by molar-refractivity contribution is -0.115. The lowest BCUT2D eigenvalue weighted by atomic mass is 10.2. The maximum absolute atomic E-state index is 13.5. The third kappa shape index (κ3) is 6.03. The van der Waals surface area contributed by atoms with Crippen LogP contribution in [0.2, 0.25) is 5.02 Å². The number of methoxy groups -OCH3 is 1. The van der Waals surface area contributed by atoms with E-state index in [2.05, 4.69) is 10.6 Å². The molecule has 3 aromatic rings. The number of nitrogens with one attached hydrogen (secondary N) is 2. The molecule has 0 saturated heterocycles. The number of carbonyl (C=O) groups excluding carboxylic acids is 2. The first-order valence-electron chi connectivity index (χ1n) is 9.79. The van der Waals surface area contributed by atoms with E-state index in [1.807, 2.05) is 0 Å². The molecule has 0 heterocycles. The van der Waals surface area contributed by atoms with Gasteiger partial charge in [-0.15, -0.1) is 0 Å². The van der Waals surface area contributed by atoms with Crippen LogP contribution in [0.25, 0.3) is 0 Å². The number of amides is 2. The van der Waals surface area contributed by atoms with Crippen LogP contribution in [0, 0.1) is 0 Å². The van der Waals surface area contributed by atoms with Gasteiger partial charge in [-0.05, 0) is 48.5 Å². The van der Waals surface area contributed by atoms with Gasteiger partial charge in [-0.3, -0.25) is 13.9 Å². The summed E-state index contributed by atoms with van der Waals surface area (Å²) >= 11 is 6.13. The van der Waals surface area contributed by atoms with E-state index in [4.69, 9.17) is 16.3 Å². The molecule has 2 N–H and O–H groups in total. The molecule has 0 aliphatic carbocycles. The van der Waals surface area contributed by atoms with E-state index in [9.17, 15) is 18.0 Å². The smallest absolute Gasteiger partial charge is 0.264 e. The van der Waals surface area contributed by atoms with Crippen molar-refractivity contribution in [2.45, 2.75) is 11.8 Å². The molecule has 0 bridgehead atoms. The monoisotopic (exact) mass is 487 g/mol. The number of hydrogen-bond acceptors (Lipinski definition) is 5. The molecule has 0 aliphatic heterocycles. The topological polar surface area (TPSA) is 105 Å². The number of halogens is 1. The van der Waals surface area contributed by atoms with Gasteiger partial charge in [-0.1, -0.05) is 35.9 Å². The number of ether oxygens (including phenoxy) is 1. The SMILES string of the molecule is COc1ccc(Cl)cc1N(CC(=O)Nc1cccc(NC(C)=O)c1)S(=O)(=O)c1ccccc1. The van der Waals surface area contributed by atoms with Crippen molar-refractivity contribution in [1.29, 1.82) is 0 Å². The molecule has 3 aromatic carbocycles. The molecule has 8 nitrogen and oxygen atoms in total. The quantitative estimate of drug-likeness (QED) is 0.497. The van der Waals surface area contributed by atoms with E-state index < -0.39 is 22.5 Å². The summed E-state index contributed by atoms with van der Waals surface area (Å²) in [4.78, 5) is 24.2. The molecule has 0 aromatic heterocycles. The van der Waals surface area contributed by atoms with E-state index in [1.165, 1.54) is 38.3 Å². The van der Waals surface area contributed by atoms with Crippen molar-refractivity contribution in [1.82, 2.24) is 0 Å². The number of anilines is 3. The van der Waals surface area contributed by atoms with Gasteiger partial charge in [0.05, 0.1) is 17.7 Å². The molecule has 3 rings (SSSR count). The highest BCUT2D eigenvalue weighted by Crippen LogP contribution is 2.34. The average Bonchev–Trinajstić information content (AvgIpc) is 2.77. The number of hydrogen-bond donors (Lipinski definition) is 2. The highest BCUT2D eigenvalue weighted by Gasteiger charge is 2.29. The minimum Gasteiger partial charge on any atom is -0.495 e. The third-order valence-electron chi connectivity index (χ3n) is 4.49. The second-order valence-electron chi connectivity index (χ2n) is 6.95. The summed E-state index contributed by atoms with van der Waals surface area (Å²) in [5.74, 6) is -0.623. The average molecular weight is 488 g/mol. The van der Waals surface area contributed by atoms with Gasteiger partial charge in [0.2, 0.25) is 11.8 Å². The fourth-order valence-electron chi connectivity index (χ4n) is 3.09. The Morgan fingerprint density at radius 3 is 2.24 bits per heavy atom. The van der Waals surface area contributed by atoms with Crippen molar-refractivity contribution in [3.8, 4) is 5.75 Å². The van der Waals surface area contributed by atoms with E-state index in [0.29, 0.717) is 11.4 Å².